The quantitative estimate of drug-likeness (QED) is 0.377. The number of halogens is 2. The highest BCUT2D eigenvalue weighted by atomic mass is 35.5. The molecule has 0 radical (unpaired) electrons. The molecule has 0 unspecified atom stereocenters. The van der Waals surface area contributed by atoms with Crippen LogP contribution in [0.2, 0.25) is 10.0 Å². The third-order valence-electron chi connectivity index (χ3n) is 5.04. The van der Waals surface area contributed by atoms with E-state index in [1.165, 1.54) is 12.4 Å². The predicted molar refractivity (Wildman–Crippen MR) is 125 cm³/mol. The number of ether oxygens (including phenoxy) is 2. The second kappa shape index (κ2) is 9.42. The Morgan fingerprint density at radius 3 is 2.59 bits per heavy atom. The lowest BCUT2D eigenvalue weighted by Gasteiger charge is -2.14. The van der Waals surface area contributed by atoms with E-state index < -0.39 is 0 Å². The molecular formula is C24H19Cl2N3O3. The fourth-order valence-corrected chi connectivity index (χ4v) is 3.78. The first-order valence-corrected chi connectivity index (χ1v) is 10.5. The van der Waals surface area contributed by atoms with E-state index in [1.54, 1.807) is 31.5 Å². The number of methoxy groups -OCH3 is 1. The number of amides is 1. The van der Waals surface area contributed by atoms with Gasteiger partial charge in [-0.1, -0.05) is 29.3 Å². The summed E-state index contributed by atoms with van der Waals surface area (Å²) in [5, 5.41) is 4.49. The highest BCUT2D eigenvalue weighted by molar-refractivity contribution is 6.35. The Morgan fingerprint density at radius 1 is 1.06 bits per heavy atom. The van der Waals surface area contributed by atoms with Gasteiger partial charge in [0.1, 0.15) is 17.2 Å². The first-order valence-electron chi connectivity index (χ1n) is 9.74. The number of nitrogens with one attached hydrogen (secondary N) is 1. The molecule has 0 aliphatic heterocycles. The molecule has 0 aliphatic rings. The van der Waals surface area contributed by atoms with Crippen LogP contribution in [-0.4, -0.2) is 23.0 Å². The predicted octanol–water partition coefficient (Wildman–Crippen LogP) is 5.98. The second-order valence-corrected chi connectivity index (χ2v) is 7.80. The molecule has 6 nitrogen and oxygen atoms in total. The molecule has 0 aliphatic carbocycles. The molecule has 4 aromatic rings. The fourth-order valence-electron chi connectivity index (χ4n) is 3.28. The van der Waals surface area contributed by atoms with Crippen molar-refractivity contribution >= 4 is 40.0 Å². The molecule has 32 heavy (non-hydrogen) atoms. The minimum absolute atomic E-state index is 0.181. The molecule has 2 aromatic heterocycles. The van der Waals surface area contributed by atoms with Gasteiger partial charge in [-0.25, -0.2) is 0 Å². The molecule has 8 heteroatoms. The number of aromatic nitrogens is 2. The van der Waals surface area contributed by atoms with Crippen molar-refractivity contribution in [2.45, 2.75) is 13.5 Å². The molecule has 2 heterocycles. The SMILES string of the molecule is COc1ccc2c(Oc3cccc(C(=O)NCc4c(Cl)cncc4Cl)c3C)ccnc2c1. The van der Waals surface area contributed by atoms with E-state index in [0.717, 1.165) is 10.9 Å². The van der Waals surface area contributed by atoms with Crippen molar-refractivity contribution < 1.29 is 14.3 Å². The van der Waals surface area contributed by atoms with E-state index in [-0.39, 0.29) is 12.5 Å². The summed E-state index contributed by atoms with van der Waals surface area (Å²) in [4.78, 5) is 21.2. The standard InChI is InChI=1S/C24H19Cl2N3O3/c1-14-16(24(30)29-11-18-19(25)12-27-13-20(18)26)4-3-5-22(14)32-23-8-9-28-21-10-15(31-2)6-7-17(21)23/h3-10,12-13H,11H2,1-2H3,(H,29,30). The van der Waals surface area contributed by atoms with Crippen molar-refractivity contribution in [3.63, 3.8) is 0 Å². The molecule has 0 spiro atoms. The first kappa shape index (κ1) is 21.9. The summed E-state index contributed by atoms with van der Waals surface area (Å²) in [5.41, 5.74) is 2.55. The average Bonchev–Trinajstić information content (AvgIpc) is 2.79. The Bertz CT molecular complexity index is 1290. The highest BCUT2D eigenvalue weighted by Gasteiger charge is 2.15. The maximum absolute atomic E-state index is 12.9. The molecule has 4 rings (SSSR count). The normalized spacial score (nSPS) is 10.8. The zero-order chi connectivity index (χ0) is 22.7. The van der Waals surface area contributed by atoms with Crippen molar-refractivity contribution in [1.82, 2.24) is 15.3 Å². The van der Waals surface area contributed by atoms with Gasteiger partial charge >= 0.3 is 0 Å². The number of rotatable bonds is 6. The molecule has 1 amide bonds. The summed E-state index contributed by atoms with van der Waals surface area (Å²) in [6, 6.07) is 12.7. The van der Waals surface area contributed by atoms with E-state index in [4.69, 9.17) is 32.7 Å². The van der Waals surface area contributed by atoms with Crippen LogP contribution in [0.15, 0.2) is 61.1 Å². The molecule has 162 valence electrons. The largest absolute Gasteiger partial charge is 0.497 e. The van der Waals surface area contributed by atoms with E-state index in [2.05, 4.69) is 15.3 Å². The van der Waals surface area contributed by atoms with Gasteiger partial charge in [0.2, 0.25) is 0 Å². The molecule has 0 atom stereocenters. The molecule has 0 saturated carbocycles. The minimum atomic E-state index is -0.263. The first-order chi connectivity index (χ1) is 15.5. The topological polar surface area (TPSA) is 73.3 Å². The Hall–Kier alpha value is -3.35. The number of fused-ring (bicyclic) bond motifs is 1. The smallest absolute Gasteiger partial charge is 0.251 e. The van der Waals surface area contributed by atoms with Crippen molar-refractivity contribution in [2.75, 3.05) is 7.11 Å². The fraction of sp³-hybridized carbons (Fsp3) is 0.125. The third-order valence-corrected chi connectivity index (χ3v) is 5.69. The molecule has 0 saturated heterocycles. The van der Waals surface area contributed by atoms with Crippen LogP contribution >= 0.6 is 23.2 Å². The number of benzene rings is 2. The van der Waals surface area contributed by atoms with E-state index in [9.17, 15) is 4.79 Å². The summed E-state index contributed by atoms with van der Waals surface area (Å²) < 4.78 is 11.4. The zero-order valence-corrected chi connectivity index (χ0v) is 18.9. The van der Waals surface area contributed by atoms with Gasteiger partial charge in [0, 0.05) is 53.3 Å². The summed E-state index contributed by atoms with van der Waals surface area (Å²) in [5.74, 6) is 1.65. The number of hydrogen-bond donors (Lipinski definition) is 1. The van der Waals surface area contributed by atoms with Crippen LogP contribution in [-0.2, 0) is 6.54 Å². The summed E-state index contributed by atoms with van der Waals surface area (Å²) in [6.07, 6.45) is 4.65. The molecule has 1 N–H and O–H groups in total. The van der Waals surface area contributed by atoms with E-state index in [0.29, 0.717) is 44.0 Å². The lowest BCUT2D eigenvalue weighted by molar-refractivity contribution is 0.0950. The van der Waals surface area contributed by atoms with Crippen LogP contribution in [0.1, 0.15) is 21.5 Å². The van der Waals surface area contributed by atoms with Crippen molar-refractivity contribution in [3.8, 4) is 17.2 Å². The monoisotopic (exact) mass is 467 g/mol. The molecule has 0 fully saturated rings. The number of pyridine rings is 2. The summed E-state index contributed by atoms with van der Waals surface area (Å²) >= 11 is 12.3. The van der Waals surface area contributed by atoms with E-state index >= 15 is 0 Å². The van der Waals surface area contributed by atoms with Gasteiger partial charge in [0.25, 0.3) is 5.91 Å². The van der Waals surface area contributed by atoms with Gasteiger partial charge < -0.3 is 14.8 Å². The number of hydrogen-bond acceptors (Lipinski definition) is 5. The van der Waals surface area contributed by atoms with Crippen LogP contribution in [0.3, 0.4) is 0 Å². The van der Waals surface area contributed by atoms with Gasteiger partial charge in [-0.2, -0.15) is 0 Å². The average molecular weight is 468 g/mol. The van der Waals surface area contributed by atoms with Crippen molar-refractivity contribution in [3.05, 3.63) is 87.8 Å². The molecule has 0 bridgehead atoms. The Labute approximate surface area is 195 Å². The maximum atomic E-state index is 12.9. The van der Waals surface area contributed by atoms with Crippen molar-refractivity contribution in [1.29, 1.82) is 0 Å². The van der Waals surface area contributed by atoms with Gasteiger partial charge in [0.15, 0.2) is 0 Å². The minimum Gasteiger partial charge on any atom is -0.497 e. The van der Waals surface area contributed by atoms with Crippen LogP contribution in [0.25, 0.3) is 10.9 Å². The van der Waals surface area contributed by atoms with Gasteiger partial charge in [-0.05, 0) is 37.3 Å². The van der Waals surface area contributed by atoms with Gasteiger partial charge in [-0.15, -0.1) is 0 Å². The third kappa shape index (κ3) is 4.47. The lowest BCUT2D eigenvalue weighted by atomic mass is 10.1. The van der Waals surface area contributed by atoms with Gasteiger partial charge in [-0.3, -0.25) is 14.8 Å². The summed E-state index contributed by atoms with van der Waals surface area (Å²) in [7, 11) is 1.61. The molecular weight excluding hydrogens is 449 g/mol. The maximum Gasteiger partial charge on any atom is 0.251 e. The van der Waals surface area contributed by atoms with Crippen molar-refractivity contribution in [2.24, 2.45) is 0 Å². The summed E-state index contributed by atoms with van der Waals surface area (Å²) in [6.45, 7) is 2.02. The number of carbonyl (C=O) groups is 1. The number of nitrogens with zero attached hydrogens (tertiary/aromatic N) is 2. The van der Waals surface area contributed by atoms with Gasteiger partial charge in [0.05, 0.1) is 22.7 Å². The van der Waals surface area contributed by atoms with Crippen LogP contribution in [0.4, 0.5) is 0 Å². The van der Waals surface area contributed by atoms with Crippen LogP contribution in [0, 0.1) is 6.92 Å². The Morgan fingerprint density at radius 2 is 1.84 bits per heavy atom. The Kier molecular flexibility index (Phi) is 6.44. The lowest BCUT2D eigenvalue weighted by Crippen LogP contribution is -2.24. The van der Waals surface area contributed by atoms with Crippen LogP contribution in [0.5, 0.6) is 17.2 Å². The highest BCUT2D eigenvalue weighted by Crippen LogP contribution is 2.33. The zero-order valence-electron chi connectivity index (χ0n) is 17.4. The molecule has 2 aromatic carbocycles. The van der Waals surface area contributed by atoms with Crippen LogP contribution < -0.4 is 14.8 Å². The number of carbonyl (C=O) groups excluding carboxylic acids is 1. The second-order valence-electron chi connectivity index (χ2n) is 6.99. The Balaban J connectivity index is 1.58. The van der Waals surface area contributed by atoms with E-state index in [1.807, 2.05) is 31.2 Å².